The molecule has 104 valence electrons. The highest BCUT2D eigenvalue weighted by molar-refractivity contribution is 7.80. The zero-order valence-electron chi connectivity index (χ0n) is 10.7. The van der Waals surface area contributed by atoms with Crippen molar-refractivity contribution in [3.8, 4) is 0 Å². The lowest BCUT2D eigenvalue weighted by Gasteiger charge is -2.28. The van der Waals surface area contributed by atoms with E-state index in [9.17, 15) is 4.39 Å². The van der Waals surface area contributed by atoms with Crippen LogP contribution in [0.3, 0.4) is 0 Å². The molecule has 0 unspecified atom stereocenters. The molecule has 0 radical (unpaired) electrons. The van der Waals surface area contributed by atoms with E-state index in [1.165, 1.54) is 25.0 Å². The van der Waals surface area contributed by atoms with E-state index in [-0.39, 0.29) is 5.82 Å². The Labute approximate surface area is 123 Å². The van der Waals surface area contributed by atoms with Crippen molar-refractivity contribution in [1.29, 1.82) is 0 Å². The highest BCUT2D eigenvalue weighted by Crippen LogP contribution is 2.26. The van der Waals surface area contributed by atoms with Gasteiger partial charge in [0.2, 0.25) is 0 Å². The second-order valence-electron chi connectivity index (χ2n) is 5.05. The maximum Gasteiger partial charge on any atom is 0.123 e. The summed E-state index contributed by atoms with van der Waals surface area (Å²) in [7, 11) is 0. The van der Waals surface area contributed by atoms with Crippen molar-refractivity contribution < 1.29 is 4.39 Å². The molecule has 1 aromatic rings. The third kappa shape index (κ3) is 4.13. The molecule has 1 aliphatic rings. The van der Waals surface area contributed by atoms with Gasteiger partial charge in [-0.2, -0.15) is 0 Å². The van der Waals surface area contributed by atoms with E-state index in [4.69, 9.17) is 29.6 Å². The van der Waals surface area contributed by atoms with Crippen molar-refractivity contribution in [3.63, 3.8) is 0 Å². The van der Waals surface area contributed by atoms with Crippen molar-refractivity contribution in [2.24, 2.45) is 5.73 Å². The van der Waals surface area contributed by atoms with Crippen molar-refractivity contribution in [2.75, 3.05) is 6.54 Å². The van der Waals surface area contributed by atoms with E-state index >= 15 is 0 Å². The Morgan fingerprint density at radius 3 is 2.74 bits per heavy atom. The molecule has 2 N–H and O–H groups in total. The van der Waals surface area contributed by atoms with E-state index in [0.717, 1.165) is 18.4 Å². The van der Waals surface area contributed by atoms with Crippen molar-refractivity contribution in [2.45, 2.75) is 38.3 Å². The smallest absolute Gasteiger partial charge is 0.123 e. The highest BCUT2D eigenvalue weighted by atomic mass is 35.5. The first-order chi connectivity index (χ1) is 9.06. The quantitative estimate of drug-likeness (QED) is 0.844. The van der Waals surface area contributed by atoms with Gasteiger partial charge in [-0.05, 0) is 36.6 Å². The largest absolute Gasteiger partial charge is 0.392 e. The minimum Gasteiger partial charge on any atom is -0.392 e. The fourth-order valence-corrected chi connectivity index (χ4v) is 3.01. The SMILES string of the molecule is NC(=S)CN(Cc1cc(F)ccc1Cl)C1CCCC1. The fraction of sp³-hybridized carbons (Fsp3) is 0.500. The molecule has 2 rings (SSSR count). The van der Waals surface area contributed by atoms with E-state index in [1.54, 1.807) is 6.07 Å². The average molecular weight is 301 g/mol. The zero-order chi connectivity index (χ0) is 13.8. The molecule has 1 aromatic carbocycles. The van der Waals surface area contributed by atoms with Crippen LogP contribution in [0.1, 0.15) is 31.2 Å². The number of hydrogen-bond acceptors (Lipinski definition) is 2. The number of thiocarbonyl (C=S) groups is 1. The molecule has 0 spiro atoms. The topological polar surface area (TPSA) is 29.3 Å². The molecule has 0 atom stereocenters. The number of benzene rings is 1. The summed E-state index contributed by atoms with van der Waals surface area (Å²) in [5.41, 5.74) is 6.46. The maximum atomic E-state index is 13.3. The van der Waals surface area contributed by atoms with Crippen LogP contribution in [0, 0.1) is 5.82 Å². The number of halogens is 2. The standard InChI is InChI=1S/C14H18ClFN2S/c15-13-6-5-11(16)7-10(13)8-18(9-14(17)19)12-3-1-2-4-12/h5-7,12H,1-4,8-9H2,(H2,17,19). The number of rotatable bonds is 5. The first-order valence-corrected chi connectivity index (χ1v) is 7.31. The van der Waals surface area contributed by atoms with Gasteiger partial charge in [0.25, 0.3) is 0 Å². The third-order valence-electron chi connectivity index (χ3n) is 3.58. The monoisotopic (exact) mass is 300 g/mol. The third-order valence-corrected chi connectivity index (χ3v) is 4.08. The lowest BCUT2D eigenvalue weighted by molar-refractivity contribution is 0.218. The summed E-state index contributed by atoms with van der Waals surface area (Å²) in [5.74, 6) is -0.263. The van der Waals surface area contributed by atoms with Gasteiger partial charge in [-0.3, -0.25) is 4.90 Å². The number of nitrogens with two attached hydrogens (primary N) is 1. The Balaban J connectivity index is 2.14. The lowest BCUT2D eigenvalue weighted by Crippen LogP contribution is -2.38. The number of nitrogens with zero attached hydrogens (tertiary/aromatic N) is 1. The first-order valence-electron chi connectivity index (χ1n) is 6.52. The van der Waals surface area contributed by atoms with Gasteiger partial charge >= 0.3 is 0 Å². The molecule has 0 amide bonds. The fourth-order valence-electron chi connectivity index (χ4n) is 2.67. The summed E-state index contributed by atoms with van der Waals surface area (Å²) < 4.78 is 13.3. The Bertz CT molecular complexity index is 461. The molecule has 0 aliphatic heterocycles. The summed E-state index contributed by atoms with van der Waals surface area (Å²) in [6, 6.07) is 4.93. The van der Waals surface area contributed by atoms with Crippen LogP contribution in [0.4, 0.5) is 4.39 Å². The molecular weight excluding hydrogens is 283 g/mol. The van der Waals surface area contributed by atoms with Gasteiger partial charge in [-0.1, -0.05) is 36.7 Å². The minimum atomic E-state index is -0.263. The van der Waals surface area contributed by atoms with Crippen LogP contribution in [0.25, 0.3) is 0 Å². The zero-order valence-corrected chi connectivity index (χ0v) is 12.3. The Kier molecular flexibility index (Phi) is 5.13. The van der Waals surface area contributed by atoms with Gasteiger partial charge in [-0.25, -0.2) is 4.39 Å². The molecule has 0 saturated heterocycles. The molecule has 1 fully saturated rings. The van der Waals surface area contributed by atoms with Crippen LogP contribution in [0.2, 0.25) is 5.02 Å². The van der Waals surface area contributed by atoms with Crippen LogP contribution in [0.15, 0.2) is 18.2 Å². The number of hydrogen-bond donors (Lipinski definition) is 1. The summed E-state index contributed by atoms with van der Waals surface area (Å²) in [6.45, 7) is 1.16. The molecule has 1 aliphatic carbocycles. The van der Waals surface area contributed by atoms with Crippen molar-refractivity contribution >= 4 is 28.8 Å². The van der Waals surface area contributed by atoms with E-state index in [2.05, 4.69) is 4.90 Å². The Hall–Kier alpha value is -0.710. The molecule has 1 saturated carbocycles. The summed E-state index contributed by atoms with van der Waals surface area (Å²) in [6.07, 6.45) is 4.76. The summed E-state index contributed by atoms with van der Waals surface area (Å²) in [5, 5.41) is 0.590. The van der Waals surface area contributed by atoms with Crippen LogP contribution >= 0.6 is 23.8 Å². The lowest BCUT2D eigenvalue weighted by atomic mass is 10.1. The van der Waals surface area contributed by atoms with Crippen LogP contribution in [-0.4, -0.2) is 22.5 Å². The van der Waals surface area contributed by atoms with Gasteiger partial charge in [0.1, 0.15) is 5.82 Å². The van der Waals surface area contributed by atoms with Gasteiger partial charge in [0.15, 0.2) is 0 Å². The van der Waals surface area contributed by atoms with E-state index in [0.29, 0.717) is 29.1 Å². The molecule has 2 nitrogen and oxygen atoms in total. The second-order valence-corrected chi connectivity index (χ2v) is 5.98. The first kappa shape index (κ1) is 14.7. The molecule has 19 heavy (non-hydrogen) atoms. The predicted molar refractivity (Wildman–Crippen MR) is 80.9 cm³/mol. The molecule has 0 aromatic heterocycles. The Morgan fingerprint density at radius 1 is 1.42 bits per heavy atom. The van der Waals surface area contributed by atoms with E-state index < -0.39 is 0 Å². The minimum absolute atomic E-state index is 0.263. The van der Waals surface area contributed by atoms with E-state index in [1.807, 2.05) is 0 Å². The Morgan fingerprint density at radius 2 is 2.11 bits per heavy atom. The van der Waals surface area contributed by atoms with Crippen molar-refractivity contribution in [3.05, 3.63) is 34.6 Å². The van der Waals surface area contributed by atoms with Crippen LogP contribution in [0.5, 0.6) is 0 Å². The van der Waals surface area contributed by atoms with Crippen LogP contribution in [-0.2, 0) is 6.54 Å². The molecule has 0 heterocycles. The molecule has 0 bridgehead atoms. The second kappa shape index (κ2) is 6.64. The van der Waals surface area contributed by atoms with Gasteiger partial charge in [0.05, 0.1) is 4.99 Å². The molecule has 5 heteroatoms. The van der Waals surface area contributed by atoms with Crippen molar-refractivity contribution in [1.82, 2.24) is 4.90 Å². The van der Waals surface area contributed by atoms with Gasteiger partial charge in [0, 0.05) is 24.2 Å². The maximum absolute atomic E-state index is 13.3. The van der Waals surface area contributed by atoms with Gasteiger partial charge < -0.3 is 5.73 Å². The normalized spacial score (nSPS) is 16.2. The van der Waals surface area contributed by atoms with Crippen LogP contribution < -0.4 is 5.73 Å². The summed E-state index contributed by atoms with van der Waals surface area (Å²) >= 11 is 11.1. The molecular formula is C14H18ClFN2S. The highest BCUT2D eigenvalue weighted by Gasteiger charge is 2.23. The predicted octanol–water partition coefficient (Wildman–Crippen LogP) is 3.51. The average Bonchev–Trinajstić information content (AvgIpc) is 2.86. The summed E-state index contributed by atoms with van der Waals surface area (Å²) in [4.78, 5) is 2.69. The van der Waals surface area contributed by atoms with Gasteiger partial charge in [-0.15, -0.1) is 0 Å².